The van der Waals surface area contributed by atoms with Crippen molar-refractivity contribution in [2.75, 3.05) is 13.1 Å². The van der Waals surface area contributed by atoms with E-state index in [0.717, 1.165) is 67.0 Å². The predicted molar refractivity (Wildman–Crippen MR) is 129 cm³/mol. The molecule has 1 atom stereocenters. The SMILES string of the molecule is Cc1cccnc1CN(CCCCN)C(CCc1ccccn1)c1nc2ccccc2[nH]1. The number of aromatic amines is 1. The number of imidazole rings is 1. The number of pyridine rings is 2. The van der Waals surface area contributed by atoms with Crippen molar-refractivity contribution in [1.29, 1.82) is 0 Å². The molecule has 0 fully saturated rings. The van der Waals surface area contributed by atoms with Crippen LogP contribution >= 0.6 is 0 Å². The second-order valence-electron chi connectivity index (χ2n) is 8.25. The zero-order valence-electron chi connectivity index (χ0n) is 18.7. The highest BCUT2D eigenvalue weighted by molar-refractivity contribution is 5.74. The Kier molecular flexibility index (Phi) is 7.59. The Balaban J connectivity index is 1.66. The summed E-state index contributed by atoms with van der Waals surface area (Å²) in [6.07, 6.45) is 7.60. The van der Waals surface area contributed by atoms with Gasteiger partial charge in [0.2, 0.25) is 0 Å². The molecule has 3 heterocycles. The van der Waals surface area contributed by atoms with Crippen molar-refractivity contribution in [2.45, 2.75) is 45.2 Å². The van der Waals surface area contributed by atoms with Crippen molar-refractivity contribution in [3.8, 4) is 0 Å². The number of hydrogen-bond acceptors (Lipinski definition) is 5. The molecule has 6 heteroatoms. The molecule has 166 valence electrons. The molecule has 0 spiro atoms. The average molecular weight is 429 g/mol. The van der Waals surface area contributed by atoms with Crippen molar-refractivity contribution in [3.05, 3.63) is 89.8 Å². The molecule has 0 aliphatic heterocycles. The Hall–Kier alpha value is -3.09. The minimum absolute atomic E-state index is 0.128. The first-order valence-electron chi connectivity index (χ1n) is 11.4. The first-order chi connectivity index (χ1) is 15.7. The highest BCUT2D eigenvalue weighted by Crippen LogP contribution is 2.28. The first kappa shape index (κ1) is 22.1. The van der Waals surface area contributed by atoms with E-state index in [1.165, 1.54) is 5.56 Å². The van der Waals surface area contributed by atoms with Gasteiger partial charge in [0, 0.05) is 24.6 Å². The molecule has 0 saturated carbocycles. The summed E-state index contributed by atoms with van der Waals surface area (Å²) in [5.41, 5.74) is 11.3. The molecule has 0 bridgehead atoms. The van der Waals surface area contributed by atoms with Gasteiger partial charge in [-0.05, 0) is 81.6 Å². The fourth-order valence-electron chi connectivity index (χ4n) is 4.13. The molecule has 0 amide bonds. The smallest absolute Gasteiger partial charge is 0.124 e. The molecule has 6 nitrogen and oxygen atoms in total. The molecule has 4 rings (SSSR count). The van der Waals surface area contributed by atoms with Gasteiger partial charge in [-0.25, -0.2) is 4.98 Å². The third-order valence-corrected chi connectivity index (χ3v) is 5.93. The number of nitrogens with one attached hydrogen (secondary N) is 1. The summed E-state index contributed by atoms with van der Waals surface area (Å²) in [5, 5.41) is 0. The Bertz CT molecular complexity index is 1070. The lowest BCUT2D eigenvalue weighted by molar-refractivity contribution is 0.166. The van der Waals surface area contributed by atoms with E-state index < -0.39 is 0 Å². The van der Waals surface area contributed by atoms with Gasteiger partial charge in [0.05, 0.1) is 22.8 Å². The number of para-hydroxylation sites is 2. The minimum Gasteiger partial charge on any atom is -0.341 e. The number of aryl methyl sites for hydroxylation is 2. The van der Waals surface area contributed by atoms with Crippen molar-refractivity contribution in [3.63, 3.8) is 0 Å². The standard InChI is InChI=1S/C26H32N6/c1-20-9-8-17-29-24(20)19-32(18-7-5-15-27)25(14-13-21-10-4-6-16-28-21)26-30-22-11-2-3-12-23(22)31-26/h2-4,6,8-12,16-17,25H,5,7,13-15,18-19,27H2,1H3,(H,30,31). The topological polar surface area (TPSA) is 83.7 Å². The quantitative estimate of drug-likeness (QED) is 0.342. The summed E-state index contributed by atoms with van der Waals surface area (Å²) in [7, 11) is 0. The second kappa shape index (κ2) is 11.0. The summed E-state index contributed by atoms with van der Waals surface area (Å²) in [6.45, 7) is 4.56. The van der Waals surface area contributed by atoms with Crippen LogP contribution in [0.25, 0.3) is 11.0 Å². The van der Waals surface area contributed by atoms with E-state index in [9.17, 15) is 0 Å². The van der Waals surface area contributed by atoms with Gasteiger partial charge in [0.1, 0.15) is 5.82 Å². The van der Waals surface area contributed by atoms with Crippen LogP contribution in [0, 0.1) is 6.92 Å². The average Bonchev–Trinajstić information content (AvgIpc) is 3.25. The maximum Gasteiger partial charge on any atom is 0.124 e. The molecule has 0 radical (unpaired) electrons. The molecule has 3 aromatic heterocycles. The normalized spacial score (nSPS) is 12.5. The maximum atomic E-state index is 5.81. The Morgan fingerprint density at radius 3 is 2.59 bits per heavy atom. The van der Waals surface area contributed by atoms with Crippen LogP contribution < -0.4 is 5.73 Å². The predicted octanol–water partition coefficient (Wildman–Crippen LogP) is 4.58. The summed E-state index contributed by atoms with van der Waals surface area (Å²) >= 11 is 0. The number of hydrogen-bond donors (Lipinski definition) is 2. The van der Waals surface area contributed by atoms with Gasteiger partial charge in [-0.1, -0.05) is 24.3 Å². The van der Waals surface area contributed by atoms with Gasteiger partial charge in [-0.2, -0.15) is 0 Å². The van der Waals surface area contributed by atoms with Gasteiger partial charge < -0.3 is 10.7 Å². The van der Waals surface area contributed by atoms with Crippen LogP contribution in [0.15, 0.2) is 67.0 Å². The van der Waals surface area contributed by atoms with Gasteiger partial charge in [-0.15, -0.1) is 0 Å². The lowest BCUT2D eigenvalue weighted by Gasteiger charge is -2.31. The van der Waals surface area contributed by atoms with E-state index in [-0.39, 0.29) is 6.04 Å². The summed E-state index contributed by atoms with van der Waals surface area (Å²) in [6, 6.07) is 18.6. The van der Waals surface area contributed by atoms with E-state index in [1.807, 2.05) is 36.7 Å². The molecule has 32 heavy (non-hydrogen) atoms. The van der Waals surface area contributed by atoms with Crippen LogP contribution in [0.2, 0.25) is 0 Å². The number of aromatic nitrogens is 4. The van der Waals surface area contributed by atoms with Crippen molar-refractivity contribution in [1.82, 2.24) is 24.8 Å². The molecule has 0 aliphatic rings. The highest BCUT2D eigenvalue weighted by atomic mass is 15.2. The number of fused-ring (bicyclic) bond motifs is 1. The van der Waals surface area contributed by atoms with E-state index in [4.69, 9.17) is 10.7 Å². The summed E-state index contributed by atoms with van der Waals surface area (Å²) in [5.74, 6) is 1.00. The van der Waals surface area contributed by atoms with Crippen LogP contribution in [0.5, 0.6) is 0 Å². The maximum absolute atomic E-state index is 5.81. The van der Waals surface area contributed by atoms with Crippen LogP contribution in [0.1, 0.15) is 48.1 Å². The van der Waals surface area contributed by atoms with E-state index in [2.05, 4.69) is 57.1 Å². The van der Waals surface area contributed by atoms with E-state index in [1.54, 1.807) is 0 Å². The highest BCUT2D eigenvalue weighted by Gasteiger charge is 2.24. The van der Waals surface area contributed by atoms with Crippen molar-refractivity contribution < 1.29 is 0 Å². The van der Waals surface area contributed by atoms with Gasteiger partial charge in [0.25, 0.3) is 0 Å². The molecule has 4 aromatic rings. The fourth-order valence-corrected chi connectivity index (χ4v) is 4.13. The molecule has 0 saturated heterocycles. The largest absolute Gasteiger partial charge is 0.341 e. The number of nitrogens with two attached hydrogens (primary N) is 1. The molecule has 1 aromatic carbocycles. The molecular weight excluding hydrogens is 396 g/mol. The number of unbranched alkanes of at least 4 members (excludes halogenated alkanes) is 1. The molecule has 3 N–H and O–H groups in total. The molecule has 1 unspecified atom stereocenters. The third kappa shape index (κ3) is 5.58. The van der Waals surface area contributed by atoms with Gasteiger partial charge in [0.15, 0.2) is 0 Å². The zero-order chi connectivity index (χ0) is 22.2. The number of rotatable bonds is 11. The van der Waals surface area contributed by atoms with Crippen LogP contribution in [-0.2, 0) is 13.0 Å². The van der Waals surface area contributed by atoms with Crippen LogP contribution in [-0.4, -0.2) is 37.9 Å². The van der Waals surface area contributed by atoms with Gasteiger partial charge >= 0.3 is 0 Å². The second-order valence-corrected chi connectivity index (χ2v) is 8.25. The zero-order valence-corrected chi connectivity index (χ0v) is 18.7. The number of H-pyrrole nitrogens is 1. The Morgan fingerprint density at radius 2 is 1.81 bits per heavy atom. The van der Waals surface area contributed by atoms with Gasteiger partial charge in [-0.3, -0.25) is 14.9 Å². The molecular formula is C26H32N6. The first-order valence-corrected chi connectivity index (χ1v) is 11.4. The van der Waals surface area contributed by atoms with E-state index in [0.29, 0.717) is 6.54 Å². The Morgan fingerprint density at radius 1 is 0.969 bits per heavy atom. The van der Waals surface area contributed by atoms with Crippen molar-refractivity contribution >= 4 is 11.0 Å². The number of benzene rings is 1. The van der Waals surface area contributed by atoms with Crippen molar-refractivity contribution in [2.24, 2.45) is 5.73 Å². The lowest BCUT2D eigenvalue weighted by atomic mass is 10.0. The summed E-state index contributed by atoms with van der Waals surface area (Å²) < 4.78 is 0. The minimum atomic E-state index is 0.128. The Labute approximate surface area is 189 Å². The summed E-state index contributed by atoms with van der Waals surface area (Å²) in [4.78, 5) is 20.3. The molecule has 0 aliphatic carbocycles. The fraction of sp³-hybridized carbons (Fsp3) is 0.346. The monoisotopic (exact) mass is 428 g/mol. The number of nitrogens with zero attached hydrogens (tertiary/aromatic N) is 4. The van der Waals surface area contributed by atoms with Crippen LogP contribution in [0.3, 0.4) is 0 Å². The van der Waals surface area contributed by atoms with Crippen LogP contribution in [0.4, 0.5) is 0 Å². The lowest BCUT2D eigenvalue weighted by Crippen LogP contribution is -2.31. The third-order valence-electron chi connectivity index (χ3n) is 5.93. The van der Waals surface area contributed by atoms with E-state index >= 15 is 0 Å².